The number of halogens is 1. The highest BCUT2D eigenvalue weighted by molar-refractivity contribution is 14.1. The number of primary amides is 1. The molecule has 1 atom stereocenters. The standard InChI is InChI=1S/C11H14INO3/c12-9-4-1-3-8(7-9)10(5-2-6-14)16-11(13)15/h1,3-4,7,10,14H,2,5-6H2,(H2,13,15)/t10-/m0/s1. The fourth-order valence-corrected chi connectivity index (χ4v) is 1.98. The molecule has 0 unspecified atom stereocenters. The summed E-state index contributed by atoms with van der Waals surface area (Å²) in [5.41, 5.74) is 5.92. The maximum atomic E-state index is 10.8. The minimum atomic E-state index is -0.790. The molecule has 0 heterocycles. The van der Waals surface area contributed by atoms with E-state index in [1.807, 2.05) is 24.3 Å². The molecular formula is C11H14INO3. The Balaban J connectivity index is 2.78. The number of ether oxygens (including phenoxy) is 1. The minimum absolute atomic E-state index is 0.0720. The average molecular weight is 335 g/mol. The van der Waals surface area contributed by atoms with Gasteiger partial charge in [0.25, 0.3) is 0 Å². The first-order chi connectivity index (χ1) is 7.63. The van der Waals surface area contributed by atoms with Crippen molar-refractivity contribution >= 4 is 28.7 Å². The van der Waals surface area contributed by atoms with Gasteiger partial charge in [-0.3, -0.25) is 0 Å². The Kier molecular flexibility index (Phi) is 5.54. The van der Waals surface area contributed by atoms with Crippen LogP contribution >= 0.6 is 22.6 Å². The number of nitrogens with two attached hydrogens (primary N) is 1. The maximum Gasteiger partial charge on any atom is 0.405 e. The lowest BCUT2D eigenvalue weighted by Crippen LogP contribution is -2.17. The van der Waals surface area contributed by atoms with Gasteiger partial charge < -0.3 is 15.6 Å². The van der Waals surface area contributed by atoms with Gasteiger partial charge in [0.2, 0.25) is 0 Å². The highest BCUT2D eigenvalue weighted by Gasteiger charge is 2.14. The van der Waals surface area contributed by atoms with Crippen LogP contribution in [0.25, 0.3) is 0 Å². The summed E-state index contributed by atoms with van der Waals surface area (Å²) < 4.78 is 6.08. The molecule has 88 valence electrons. The van der Waals surface area contributed by atoms with E-state index in [1.165, 1.54) is 0 Å². The summed E-state index contributed by atoms with van der Waals surface area (Å²) in [6.07, 6.45) is -0.0238. The van der Waals surface area contributed by atoms with Crippen molar-refractivity contribution < 1.29 is 14.6 Å². The summed E-state index contributed by atoms with van der Waals surface area (Å²) in [5.74, 6) is 0. The number of aliphatic hydroxyl groups excluding tert-OH is 1. The molecule has 1 rings (SSSR count). The molecule has 0 saturated heterocycles. The van der Waals surface area contributed by atoms with E-state index in [-0.39, 0.29) is 12.7 Å². The van der Waals surface area contributed by atoms with Gasteiger partial charge in [-0.15, -0.1) is 0 Å². The van der Waals surface area contributed by atoms with Gasteiger partial charge in [0.1, 0.15) is 6.10 Å². The lowest BCUT2D eigenvalue weighted by Gasteiger charge is -2.16. The predicted molar refractivity (Wildman–Crippen MR) is 68.9 cm³/mol. The van der Waals surface area contributed by atoms with Crippen molar-refractivity contribution in [3.63, 3.8) is 0 Å². The summed E-state index contributed by atoms with van der Waals surface area (Å²) in [7, 11) is 0. The Hall–Kier alpha value is -0.820. The van der Waals surface area contributed by atoms with Gasteiger partial charge in [0.05, 0.1) is 0 Å². The minimum Gasteiger partial charge on any atom is -0.442 e. The monoisotopic (exact) mass is 335 g/mol. The summed E-state index contributed by atoms with van der Waals surface area (Å²) in [6.45, 7) is 0.0720. The highest BCUT2D eigenvalue weighted by atomic mass is 127. The van der Waals surface area contributed by atoms with Gasteiger partial charge in [-0.25, -0.2) is 4.79 Å². The van der Waals surface area contributed by atoms with Gasteiger partial charge >= 0.3 is 6.09 Å². The van der Waals surface area contributed by atoms with Crippen molar-refractivity contribution in [2.24, 2.45) is 5.73 Å². The second kappa shape index (κ2) is 6.70. The number of aliphatic hydroxyl groups is 1. The quantitative estimate of drug-likeness (QED) is 0.811. The van der Waals surface area contributed by atoms with Crippen LogP contribution in [0.3, 0.4) is 0 Å². The third-order valence-corrected chi connectivity index (χ3v) is 2.77. The molecule has 1 amide bonds. The van der Waals surface area contributed by atoms with Crippen molar-refractivity contribution in [3.05, 3.63) is 33.4 Å². The molecule has 1 aromatic rings. The van der Waals surface area contributed by atoms with Gasteiger partial charge in [-0.1, -0.05) is 12.1 Å². The zero-order valence-electron chi connectivity index (χ0n) is 8.73. The number of hydrogen-bond donors (Lipinski definition) is 2. The fraction of sp³-hybridized carbons (Fsp3) is 0.364. The molecule has 0 spiro atoms. The van der Waals surface area contributed by atoms with Crippen LogP contribution in [-0.2, 0) is 4.74 Å². The third kappa shape index (κ3) is 4.36. The van der Waals surface area contributed by atoms with E-state index in [0.717, 1.165) is 9.13 Å². The Labute approximate surface area is 108 Å². The molecule has 0 aliphatic carbocycles. The molecule has 4 nitrogen and oxygen atoms in total. The van der Waals surface area contributed by atoms with Crippen LogP contribution in [0.5, 0.6) is 0 Å². The summed E-state index contributed by atoms with van der Waals surface area (Å²) >= 11 is 2.19. The topological polar surface area (TPSA) is 72.6 Å². The number of rotatable bonds is 5. The van der Waals surface area contributed by atoms with Crippen LogP contribution in [-0.4, -0.2) is 17.8 Å². The van der Waals surface area contributed by atoms with Crippen LogP contribution in [0.1, 0.15) is 24.5 Å². The van der Waals surface area contributed by atoms with Crippen molar-refractivity contribution in [2.75, 3.05) is 6.61 Å². The zero-order valence-corrected chi connectivity index (χ0v) is 10.9. The number of hydrogen-bond acceptors (Lipinski definition) is 3. The molecular weight excluding hydrogens is 321 g/mol. The van der Waals surface area contributed by atoms with Crippen LogP contribution in [0.4, 0.5) is 4.79 Å². The van der Waals surface area contributed by atoms with Crippen LogP contribution in [0.15, 0.2) is 24.3 Å². The number of amides is 1. The smallest absolute Gasteiger partial charge is 0.405 e. The Morgan fingerprint density at radius 2 is 2.31 bits per heavy atom. The molecule has 1 aromatic carbocycles. The first-order valence-corrected chi connectivity index (χ1v) is 6.03. The van der Waals surface area contributed by atoms with E-state index in [4.69, 9.17) is 15.6 Å². The first-order valence-electron chi connectivity index (χ1n) is 4.96. The van der Waals surface area contributed by atoms with Crippen molar-refractivity contribution in [3.8, 4) is 0 Å². The van der Waals surface area contributed by atoms with Crippen LogP contribution in [0, 0.1) is 3.57 Å². The van der Waals surface area contributed by atoms with Crippen molar-refractivity contribution in [2.45, 2.75) is 18.9 Å². The number of carbonyl (C=O) groups is 1. The first kappa shape index (κ1) is 13.2. The molecule has 0 aromatic heterocycles. The largest absolute Gasteiger partial charge is 0.442 e. The predicted octanol–water partition coefficient (Wildman–Crippen LogP) is 2.20. The second-order valence-corrected chi connectivity index (χ2v) is 4.59. The van der Waals surface area contributed by atoms with Crippen LogP contribution in [0.2, 0.25) is 0 Å². The van der Waals surface area contributed by atoms with E-state index in [2.05, 4.69) is 22.6 Å². The Morgan fingerprint density at radius 3 is 2.88 bits per heavy atom. The molecule has 5 heteroatoms. The SMILES string of the molecule is NC(=O)O[C@@H](CCCO)c1cccc(I)c1. The van der Waals surface area contributed by atoms with Gasteiger partial charge in [0, 0.05) is 10.2 Å². The van der Waals surface area contributed by atoms with E-state index >= 15 is 0 Å². The van der Waals surface area contributed by atoms with E-state index in [0.29, 0.717) is 12.8 Å². The molecule has 0 aliphatic rings. The molecule has 0 aliphatic heterocycles. The van der Waals surface area contributed by atoms with Crippen LogP contribution < -0.4 is 5.73 Å². The van der Waals surface area contributed by atoms with E-state index in [9.17, 15) is 4.79 Å². The van der Waals surface area contributed by atoms with Gasteiger partial charge in [-0.05, 0) is 53.1 Å². The summed E-state index contributed by atoms with van der Waals surface area (Å²) in [4.78, 5) is 10.8. The summed E-state index contributed by atoms with van der Waals surface area (Å²) in [5, 5.41) is 8.78. The fourth-order valence-electron chi connectivity index (χ4n) is 1.42. The van der Waals surface area contributed by atoms with Gasteiger partial charge in [-0.2, -0.15) is 0 Å². The molecule has 0 radical (unpaired) electrons. The molecule has 16 heavy (non-hydrogen) atoms. The highest BCUT2D eigenvalue weighted by Crippen LogP contribution is 2.24. The summed E-state index contributed by atoms with van der Waals surface area (Å²) in [6, 6.07) is 7.67. The second-order valence-electron chi connectivity index (χ2n) is 3.35. The maximum absolute atomic E-state index is 10.8. The number of carbonyl (C=O) groups excluding carboxylic acids is 1. The normalized spacial score (nSPS) is 12.1. The zero-order chi connectivity index (χ0) is 12.0. The average Bonchev–Trinajstić information content (AvgIpc) is 2.23. The van der Waals surface area contributed by atoms with Gasteiger partial charge in [0.15, 0.2) is 0 Å². The van der Waals surface area contributed by atoms with Crippen molar-refractivity contribution in [1.82, 2.24) is 0 Å². The molecule has 0 saturated carbocycles. The molecule has 3 N–H and O–H groups in total. The third-order valence-electron chi connectivity index (χ3n) is 2.10. The van der Waals surface area contributed by atoms with E-state index < -0.39 is 6.09 Å². The van der Waals surface area contributed by atoms with Crippen molar-refractivity contribution in [1.29, 1.82) is 0 Å². The van der Waals surface area contributed by atoms with E-state index in [1.54, 1.807) is 0 Å². The molecule has 0 fully saturated rings. The lowest BCUT2D eigenvalue weighted by molar-refractivity contribution is 0.0955. The Morgan fingerprint density at radius 1 is 1.56 bits per heavy atom. The lowest BCUT2D eigenvalue weighted by atomic mass is 10.1. The number of benzene rings is 1. The Bertz CT molecular complexity index is 357. The molecule has 0 bridgehead atoms.